The molecule has 0 aromatic carbocycles. The van der Waals surface area contributed by atoms with Crippen molar-refractivity contribution in [3.8, 4) is 0 Å². The minimum absolute atomic E-state index is 0.0671. The van der Waals surface area contributed by atoms with Crippen LogP contribution in [0, 0.1) is 5.92 Å². The summed E-state index contributed by atoms with van der Waals surface area (Å²) in [5.74, 6) is 0.755. The summed E-state index contributed by atoms with van der Waals surface area (Å²) in [5, 5.41) is 9.70. The topological polar surface area (TPSA) is 56.4 Å². The average molecular weight is 254 g/mol. The van der Waals surface area contributed by atoms with Crippen LogP contribution in [0.5, 0.6) is 0 Å². The zero-order chi connectivity index (χ0) is 13.0. The smallest absolute Gasteiger partial charge is 0.238 e. The lowest BCUT2D eigenvalue weighted by Crippen LogP contribution is -2.59. The van der Waals surface area contributed by atoms with Crippen LogP contribution in [0.2, 0.25) is 0 Å². The molecule has 0 spiro atoms. The number of likely N-dealkylation sites (tertiary alicyclic amines) is 1. The van der Waals surface area contributed by atoms with Crippen LogP contribution in [-0.2, 0) is 4.79 Å². The SMILES string of the molecule is CC1CNC(C(=O)NCC2CCCN(C)C2)CN1. The van der Waals surface area contributed by atoms with Gasteiger partial charge in [0.2, 0.25) is 5.91 Å². The molecule has 0 saturated carbocycles. The van der Waals surface area contributed by atoms with Crippen molar-refractivity contribution in [1.29, 1.82) is 0 Å². The summed E-state index contributed by atoms with van der Waals surface area (Å²) in [4.78, 5) is 14.4. The third-order valence-electron chi connectivity index (χ3n) is 3.94. The third kappa shape index (κ3) is 3.93. The van der Waals surface area contributed by atoms with E-state index in [9.17, 15) is 4.79 Å². The molecular weight excluding hydrogens is 228 g/mol. The van der Waals surface area contributed by atoms with Gasteiger partial charge >= 0.3 is 0 Å². The Kier molecular flexibility index (Phi) is 4.97. The van der Waals surface area contributed by atoms with Crippen molar-refractivity contribution in [2.75, 3.05) is 39.8 Å². The van der Waals surface area contributed by atoms with Crippen molar-refractivity contribution in [1.82, 2.24) is 20.9 Å². The van der Waals surface area contributed by atoms with E-state index in [-0.39, 0.29) is 11.9 Å². The zero-order valence-electron chi connectivity index (χ0n) is 11.5. The van der Waals surface area contributed by atoms with Gasteiger partial charge in [0.1, 0.15) is 0 Å². The van der Waals surface area contributed by atoms with E-state index in [1.165, 1.54) is 19.4 Å². The summed E-state index contributed by atoms with van der Waals surface area (Å²) in [5.41, 5.74) is 0. The number of carbonyl (C=O) groups excluding carboxylic acids is 1. The summed E-state index contributed by atoms with van der Waals surface area (Å²) in [6.45, 7) is 6.84. The largest absolute Gasteiger partial charge is 0.354 e. The molecule has 0 aliphatic carbocycles. The lowest BCUT2D eigenvalue weighted by Gasteiger charge is -2.31. The molecule has 0 aromatic heterocycles. The lowest BCUT2D eigenvalue weighted by molar-refractivity contribution is -0.123. The number of hydrogen-bond acceptors (Lipinski definition) is 4. The number of hydrogen-bond donors (Lipinski definition) is 3. The molecule has 3 atom stereocenters. The van der Waals surface area contributed by atoms with Crippen LogP contribution >= 0.6 is 0 Å². The number of nitrogens with one attached hydrogen (secondary N) is 3. The summed E-state index contributed by atoms with van der Waals surface area (Å²) < 4.78 is 0. The standard InChI is InChI=1S/C13H26N4O/c1-10-6-15-12(8-14-10)13(18)16-7-11-4-3-5-17(2)9-11/h10-12,14-15H,3-9H2,1-2H3,(H,16,18). The molecule has 2 aliphatic rings. The molecule has 2 saturated heterocycles. The van der Waals surface area contributed by atoms with Gasteiger partial charge in [-0.1, -0.05) is 0 Å². The van der Waals surface area contributed by atoms with Gasteiger partial charge in [-0.25, -0.2) is 0 Å². The lowest BCUT2D eigenvalue weighted by atomic mass is 9.98. The molecule has 3 unspecified atom stereocenters. The fourth-order valence-electron chi connectivity index (χ4n) is 2.78. The van der Waals surface area contributed by atoms with Crippen LogP contribution < -0.4 is 16.0 Å². The van der Waals surface area contributed by atoms with E-state index in [2.05, 4.69) is 34.8 Å². The predicted molar refractivity (Wildman–Crippen MR) is 72.5 cm³/mol. The highest BCUT2D eigenvalue weighted by atomic mass is 16.2. The second kappa shape index (κ2) is 6.50. The Morgan fingerprint density at radius 1 is 1.39 bits per heavy atom. The van der Waals surface area contributed by atoms with Crippen molar-refractivity contribution < 1.29 is 4.79 Å². The summed E-state index contributed by atoms with van der Waals surface area (Å²) in [6.07, 6.45) is 2.48. The highest BCUT2D eigenvalue weighted by Crippen LogP contribution is 2.13. The first-order valence-corrected chi connectivity index (χ1v) is 7.08. The minimum Gasteiger partial charge on any atom is -0.354 e. The quantitative estimate of drug-likeness (QED) is 0.629. The molecule has 5 heteroatoms. The molecule has 3 N–H and O–H groups in total. The van der Waals surface area contributed by atoms with Gasteiger partial charge in [-0.05, 0) is 39.3 Å². The van der Waals surface area contributed by atoms with E-state index >= 15 is 0 Å². The molecule has 0 bridgehead atoms. The Labute approximate surface area is 110 Å². The van der Waals surface area contributed by atoms with Crippen molar-refractivity contribution in [2.45, 2.75) is 31.8 Å². The summed E-state index contributed by atoms with van der Waals surface area (Å²) in [6, 6.07) is 0.392. The predicted octanol–water partition coefficient (Wildman–Crippen LogP) is -0.606. The fourth-order valence-corrected chi connectivity index (χ4v) is 2.78. The van der Waals surface area contributed by atoms with Crippen molar-refractivity contribution in [2.24, 2.45) is 5.92 Å². The average Bonchev–Trinajstić information content (AvgIpc) is 2.37. The maximum atomic E-state index is 12.0. The molecule has 1 amide bonds. The molecule has 104 valence electrons. The molecule has 5 nitrogen and oxygen atoms in total. The number of nitrogens with zero attached hydrogens (tertiary/aromatic N) is 1. The molecule has 2 heterocycles. The summed E-state index contributed by atoms with van der Waals surface area (Å²) in [7, 11) is 2.15. The number of piperazine rings is 1. The van der Waals surface area contributed by atoms with Crippen molar-refractivity contribution >= 4 is 5.91 Å². The molecule has 18 heavy (non-hydrogen) atoms. The Morgan fingerprint density at radius 3 is 2.89 bits per heavy atom. The van der Waals surface area contributed by atoms with Gasteiger partial charge in [-0.15, -0.1) is 0 Å². The molecule has 0 radical (unpaired) electrons. The Morgan fingerprint density at radius 2 is 2.22 bits per heavy atom. The fraction of sp³-hybridized carbons (Fsp3) is 0.923. The number of piperidine rings is 1. The normalized spacial score (nSPS) is 34.2. The number of carbonyl (C=O) groups is 1. The van der Waals surface area contributed by atoms with Gasteiger partial charge in [0.25, 0.3) is 0 Å². The van der Waals surface area contributed by atoms with Crippen LogP contribution in [0.25, 0.3) is 0 Å². The molecular formula is C13H26N4O. The van der Waals surface area contributed by atoms with Crippen LogP contribution in [0.4, 0.5) is 0 Å². The molecule has 2 fully saturated rings. The van der Waals surface area contributed by atoms with E-state index < -0.39 is 0 Å². The Balaban J connectivity index is 1.68. The van der Waals surface area contributed by atoms with E-state index in [0.717, 1.165) is 26.2 Å². The number of rotatable bonds is 3. The minimum atomic E-state index is -0.0671. The first-order valence-electron chi connectivity index (χ1n) is 7.08. The van der Waals surface area contributed by atoms with Gasteiger partial charge in [0, 0.05) is 32.2 Å². The highest BCUT2D eigenvalue weighted by Gasteiger charge is 2.24. The first kappa shape index (κ1) is 13.8. The second-order valence-electron chi connectivity index (χ2n) is 5.79. The van der Waals surface area contributed by atoms with Gasteiger partial charge in [-0.2, -0.15) is 0 Å². The summed E-state index contributed by atoms with van der Waals surface area (Å²) >= 11 is 0. The second-order valence-corrected chi connectivity index (χ2v) is 5.79. The van der Waals surface area contributed by atoms with Crippen LogP contribution in [0.15, 0.2) is 0 Å². The third-order valence-corrected chi connectivity index (χ3v) is 3.94. The number of amides is 1. The van der Waals surface area contributed by atoms with Crippen LogP contribution in [0.1, 0.15) is 19.8 Å². The van der Waals surface area contributed by atoms with Crippen molar-refractivity contribution in [3.05, 3.63) is 0 Å². The Hall–Kier alpha value is -0.650. The van der Waals surface area contributed by atoms with E-state index in [0.29, 0.717) is 12.0 Å². The monoisotopic (exact) mass is 254 g/mol. The van der Waals surface area contributed by atoms with Gasteiger partial charge in [0.05, 0.1) is 6.04 Å². The first-order chi connectivity index (χ1) is 8.65. The molecule has 2 aliphatic heterocycles. The van der Waals surface area contributed by atoms with Gasteiger partial charge in [-0.3, -0.25) is 4.79 Å². The van der Waals surface area contributed by atoms with Crippen molar-refractivity contribution in [3.63, 3.8) is 0 Å². The molecule has 0 aromatic rings. The Bertz CT molecular complexity index is 276. The van der Waals surface area contributed by atoms with E-state index in [1.807, 2.05) is 0 Å². The maximum Gasteiger partial charge on any atom is 0.238 e. The van der Waals surface area contributed by atoms with E-state index in [1.54, 1.807) is 0 Å². The maximum absolute atomic E-state index is 12.0. The van der Waals surface area contributed by atoms with Crippen LogP contribution in [-0.4, -0.2) is 62.7 Å². The molecule has 2 rings (SSSR count). The van der Waals surface area contributed by atoms with Gasteiger partial charge < -0.3 is 20.9 Å². The zero-order valence-corrected chi connectivity index (χ0v) is 11.5. The highest BCUT2D eigenvalue weighted by molar-refractivity contribution is 5.82. The van der Waals surface area contributed by atoms with Gasteiger partial charge in [0.15, 0.2) is 0 Å². The van der Waals surface area contributed by atoms with Crippen LogP contribution in [0.3, 0.4) is 0 Å². The van der Waals surface area contributed by atoms with E-state index in [4.69, 9.17) is 0 Å².